The van der Waals surface area contributed by atoms with E-state index in [-0.39, 0.29) is 66.2 Å². The fraction of sp³-hybridized carbons (Fsp3) is 0.674. The molecule has 1 fully saturated rings. The van der Waals surface area contributed by atoms with Crippen LogP contribution in [0.2, 0.25) is 0 Å². The van der Waals surface area contributed by atoms with Crippen LogP contribution < -0.4 is 27.0 Å². The van der Waals surface area contributed by atoms with E-state index in [1.54, 1.807) is 43.5 Å². The molecule has 2 aromatic rings. The highest BCUT2D eigenvalue weighted by Gasteiger charge is 2.38. The number of thiazole rings is 1. The topological polar surface area (TPSA) is 216 Å². The number of likely N-dealkylation sites (N-methyl/N-ethyl adjacent to an activating group) is 1. The first-order chi connectivity index (χ1) is 29.3. The number of hydrogen-bond donors (Lipinski definition) is 6. The summed E-state index contributed by atoms with van der Waals surface area (Å²) in [5.41, 5.74) is 5.76. The van der Waals surface area contributed by atoms with Gasteiger partial charge in [-0.2, -0.15) is 0 Å². The van der Waals surface area contributed by atoms with Gasteiger partial charge in [-0.3, -0.25) is 33.7 Å². The normalized spacial score (nSPS) is 17.0. The summed E-state index contributed by atoms with van der Waals surface area (Å²) in [4.78, 5) is 88.0. The van der Waals surface area contributed by atoms with Crippen molar-refractivity contribution in [2.75, 3.05) is 32.0 Å². The number of hydrogen-bond acceptors (Lipinski definition) is 10. The molecule has 0 radical (unpaired) electrons. The molecule has 0 saturated carbocycles. The Labute approximate surface area is 373 Å². The molecule has 0 aliphatic carbocycles. The van der Waals surface area contributed by atoms with Gasteiger partial charge in [-0.25, -0.2) is 4.98 Å². The Hall–Kier alpha value is -4.41. The highest BCUT2D eigenvalue weighted by molar-refractivity contribution is 7.09. The van der Waals surface area contributed by atoms with Crippen molar-refractivity contribution in [3.05, 3.63) is 45.9 Å². The number of likely N-dealkylation sites (tertiary alicyclic amines) is 1. The first-order valence-corrected chi connectivity index (χ1v) is 23.4. The van der Waals surface area contributed by atoms with E-state index in [2.05, 4.69) is 46.9 Å². The number of carboxylic acid groups (broad SMARTS) is 1. The predicted molar refractivity (Wildman–Crippen MR) is 245 cm³/mol. The zero-order valence-electron chi connectivity index (χ0n) is 38.6. The van der Waals surface area contributed by atoms with Gasteiger partial charge in [0, 0.05) is 36.6 Å². The van der Waals surface area contributed by atoms with Crippen LogP contribution in [0.5, 0.6) is 0 Å². The summed E-state index contributed by atoms with van der Waals surface area (Å²) in [7, 11) is 1.96. The quantitative estimate of drug-likeness (QED) is 0.0650. The first-order valence-electron chi connectivity index (χ1n) is 22.5. The average molecular weight is 883 g/mol. The minimum atomic E-state index is -1.16. The lowest BCUT2D eigenvalue weighted by Crippen LogP contribution is -2.59. The average Bonchev–Trinajstić information content (AvgIpc) is 3.72. The Balaban J connectivity index is 1.93. The van der Waals surface area contributed by atoms with Crippen LogP contribution >= 0.6 is 11.3 Å². The molecule has 7 N–H and O–H groups in total. The minimum absolute atomic E-state index is 0.0359. The number of carboxylic acids is 1. The fourth-order valence-electron chi connectivity index (χ4n) is 8.04. The molecule has 0 bridgehead atoms. The van der Waals surface area contributed by atoms with E-state index in [1.165, 1.54) is 18.3 Å². The number of nitrogens with one attached hydrogen (secondary N) is 4. The Morgan fingerprint density at radius 2 is 1.69 bits per heavy atom. The molecule has 5 amide bonds. The second kappa shape index (κ2) is 25.0. The van der Waals surface area contributed by atoms with Crippen molar-refractivity contribution < 1.29 is 33.9 Å². The lowest BCUT2D eigenvalue weighted by molar-refractivity contribution is -0.147. The zero-order chi connectivity index (χ0) is 46.1. The van der Waals surface area contributed by atoms with Gasteiger partial charge in [0.05, 0.1) is 24.0 Å². The van der Waals surface area contributed by atoms with Crippen LogP contribution in [-0.2, 0) is 30.4 Å². The maximum absolute atomic E-state index is 14.9. The Bertz CT molecular complexity index is 1780. The van der Waals surface area contributed by atoms with Crippen LogP contribution in [0.15, 0.2) is 29.6 Å². The molecule has 16 heteroatoms. The lowest BCUT2D eigenvalue weighted by atomic mass is 9.84. The van der Waals surface area contributed by atoms with Crippen LogP contribution in [0.25, 0.3) is 0 Å². The minimum Gasteiger partial charge on any atom is -0.481 e. The third kappa shape index (κ3) is 15.7. The number of unbranched alkanes of at least 4 members (excludes halogenated alkanes) is 3. The molecule has 1 aromatic carbocycles. The first kappa shape index (κ1) is 51.9. The molecule has 2 heterocycles. The molecule has 0 spiro atoms. The Morgan fingerprint density at radius 3 is 2.27 bits per heavy atom. The number of aromatic nitrogens is 1. The molecular weight excluding hydrogens is 809 g/mol. The van der Waals surface area contributed by atoms with Crippen LogP contribution in [0, 0.1) is 17.3 Å². The lowest BCUT2D eigenvalue weighted by Gasteiger charge is -2.40. The number of carbonyl (C=O) groups excluding carboxylic acids is 5. The molecule has 1 aliphatic rings. The summed E-state index contributed by atoms with van der Waals surface area (Å²) < 4.78 is 0. The monoisotopic (exact) mass is 883 g/mol. The summed E-state index contributed by atoms with van der Waals surface area (Å²) in [5, 5.41) is 24.0. The number of aliphatic carboxylic acids is 1. The second-order valence-electron chi connectivity index (χ2n) is 18.0. The van der Waals surface area contributed by atoms with Crippen molar-refractivity contribution >= 4 is 52.5 Å². The van der Waals surface area contributed by atoms with Crippen molar-refractivity contribution in [1.82, 2.24) is 30.7 Å². The molecule has 15 nitrogen and oxygen atoms in total. The van der Waals surface area contributed by atoms with E-state index < -0.39 is 35.4 Å². The van der Waals surface area contributed by atoms with Gasteiger partial charge in [-0.15, -0.1) is 11.3 Å². The molecule has 6 atom stereocenters. The Kier molecular flexibility index (Phi) is 21.0. The molecule has 0 unspecified atom stereocenters. The number of amides is 5. The largest absolute Gasteiger partial charge is 0.481 e. The molecule has 3 rings (SSSR count). The molecule has 1 saturated heterocycles. The highest BCUT2D eigenvalue weighted by Crippen LogP contribution is 2.30. The van der Waals surface area contributed by atoms with Crippen LogP contribution in [0.1, 0.15) is 147 Å². The highest BCUT2D eigenvalue weighted by atomic mass is 32.1. The SMILES string of the molecule is CCCCCCN(C(=O)[C@@H](NC(=O)[C@H]1CCCCN1C)[C@@H](C)CC)[C@H](C[C@@H](NC(C)=O)c1nc(C(=O)N[C@@H](Cc2ccc(NC(=O)CN)cc2)CC(C)(C)C(=O)O)cs1)C(C)C. The van der Waals surface area contributed by atoms with Gasteiger partial charge in [-0.05, 0) is 95.5 Å². The molecular formula is C46H74N8O7S. The third-order valence-corrected chi connectivity index (χ3v) is 13.0. The van der Waals surface area contributed by atoms with Crippen molar-refractivity contribution in [1.29, 1.82) is 0 Å². The molecule has 62 heavy (non-hydrogen) atoms. The van der Waals surface area contributed by atoms with E-state index in [0.29, 0.717) is 36.5 Å². The van der Waals surface area contributed by atoms with Crippen LogP contribution in [0.3, 0.4) is 0 Å². The summed E-state index contributed by atoms with van der Waals surface area (Å²) >= 11 is 1.23. The predicted octanol–water partition coefficient (Wildman–Crippen LogP) is 5.90. The number of benzene rings is 1. The number of nitrogens with zero attached hydrogens (tertiary/aromatic N) is 3. The third-order valence-electron chi connectivity index (χ3n) is 12.0. The van der Waals surface area contributed by atoms with Gasteiger partial charge in [0.1, 0.15) is 16.7 Å². The van der Waals surface area contributed by atoms with Crippen molar-refractivity contribution in [3.63, 3.8) is 0 Å². The fourth-order valence-corrected chi connectivity index (χ4v) is 8.91. The number of rotatable bonds is 25. The smallest absolute Gasteiger partial charge is 0.309 e. The van der Waals surface area contributed by atoms with Gasteiger partial charge in [0.25, 0.3) is 5.91 Å². The number of nitrogens with two attached hydrogens (primary N) is 1. The Morgan fingerprint density at radius 1 is 1.00 bits per heavy atom. The number of carbonyl (C=O) groups is 6. The summed E-state index contributed by atoms with van der Waals surface area (Å²) in [6, 6.07) is 4.46. The van der Waals surface area contributed by atoms with Crippen molar-refractivity contribution in [2.45, 2.75) is 156 Å². The van der Waals surface area contributed by atoms with Crippen molar-refractivity contribution in [2.24, 2.45) is 23.0 Å². The molecule has 1 aromatic heterocycles. The van der Waals surface area contributed by atoms with E-state index in [1.807, 2.05) is 25.8 Å². The van der Waals surface area contributed by atoms with E-state index in [0.717, 1.165) is 57.1 Å². The van der Waals surface area contributed by atoms with Crippen molar-refractivity contribution in [3.8, 4) is 0 Å². The van der Waals surface area contributed by atoms with E-state index >= 15 is 0 Å². The van der Waals surface area contributed by atoms with Gasteiger partial charge in [-0.1, -0.05) is 78.9 Å². The van der Waals surface area contributed by atoms with Gasteiger partial charge < -0.3 is 37.0 Å². The summed E-state index contributed by atoms with van der Waals surface area (Å²) in [6.07, 6.45) is 8.01. The second-order valence-corrected chi connectivity index (χ2v) is 18.9. The summed E-state index contributed by atoms with van der Waals surface area (Å²) in [5.74, 6) is -2.52. The molecule has 346 valence electrons. The van der Waals surface area contributed by atoms with E-state index in [9.17, 15) is 33.9 Å². The molecule has 1 aliphatic heterocycles. The number of piperidine rings is 1. The zero-order valence-corrected chi connectivity index (χ0v) is 39.4. The maximum atomic E-state index is 14.9. The van der Waals surface area contributed by atoms with Gasteiger partial charge >= 0.3 is 5.97 Å². The van der Waals surface area contributed by atoms with Crippen LogP contribution in [0.4, 0.5) is 5.69 Å². The van der Waals surface area contributed by atoms with Gasteiger partial charge in [0.2, 0.25) is 23.6 Å². The number of anilines is 1. The summed E-state index contributed by atoms with van der Waals surface area (Å²) in [6.45, 7) is 16.1. The van der Waals surface area contributed by atoms with Gasteiger partial charge in [0.15, 0.2) is 0 Å². The van der Waals surface area contributed by atoms with E-state index in [4.69, 9.17) is 10.7 Å². The van der Waals surface area contributed by atoms with Crippen LogP contribution in [-0.4, -0.2) is 106 Å². The standard InChI is InChI=1S/C46H74N8O7S/c1-10-12-13-15-23-54(44(59)40(30(5)11-2)52-42(58)37-17-14-16-22-53(37)9)38(29(3)4)25-35(48-31(6)55)43-51-36(28-62-43)41(57)50-34(26-46(7,8)45(60)61)24-32-18-20-33(21-19-32)49-39(56)27-47/h18-21,28-30,34-35,37-38,40H,10-17,22-27,47H2,1-9H3,(H,48,55)(H,49,56)(H,50,57)(H,52,58)(H,60,61)/t30-,34-,35+,37+,38+,40-/m0/s1. The maximum Gasteiger partial charge on any atom is 0.309 e.